The third-order valence-corrected chi connectivity index (χ3v) is 1.66. The Bertz CT molecular complexity index is 258. The second-order valence-electron chi connectivity index (χ2n) is 2.53. The molecule has 1 aromatic rings. The lowest BCUT2D eigenvalue weighted by atomic mass is 10.3. The van der Waals surface area contributed by atoms with Crippen LogP contribution in [0.3, 0.4) is 0 Å². The monoisotopic (exact) mass is 183 g/mol. The van der Waals surface area contributed by atoms with Crippen molar-refractivity contribution in [2.24, 2.45) is 0 Å². The van der Waals surface area contributed by atoms with Gasteiger partial charge in [0.05, 0.1) is 6.34 Å². The molecule has 0 saturated heterocycles. The molecule has 0 bridgehead atoms. The number of nitrogens with one attached hydrogen (secondary N) is 1. The summed E-state index contributed by atoms with van der Waals surface area (Å²) in [7, 11) is 1.83. The molecule has 4 heteroatoms. The van der Waals surface area contributed by atoms with Gasteiger partial charge in [-0.3, -0.25) is 5.41 Å². The number of hydrogen-bond acceptors (Lipinski definition) is 2. The van der Waals surface area contributed by atoms with E-state index < -0.39 is 0 Å². The molecule has 0 radical (unpaired) electrons. The number of hydrogen-bond donors (Lipinski definition) is 1. The van der Waals surface area contributed by atoms with Crippen LogP contribution in [0.1, 0.15) is 5.56 Å². The molecular formula is C8H10ClN3. The first kappa shape index (κ1) is 9.00. The molecule has 64 valence electrons. The molecule has 0 aliphatic heterocycles. The van der Waals surface area contributed by atoms with Crippen molar-refractivity contribution in [1.29, 1.82) is 5.41 Å². The highest BCUT2D eigenvalue weighted by Gasteiger charge is 1.95. The van der Waals surface area contributed by atoms with Gasteiger partial charge < -0.3 is 4.90 Å². The van der Waals surface area contributed by atoms with E-state index in [2.05, 4.69) is 4.98 Å². The van der Waals surface area contributed by atoms with E-state index in [0.717, 1.165) is 5.56 Å². The highest BCUT2D eigenvalue weighted by molar-refractivity contribution is 6.29. The van der Waals surface area contributed by atoms with E-state index >= 15 is 0 Å². The molecule has 0 unspecified atom stereocenters. The van der Waals surface area contributed by atoms with Gasteiger partial charge in [0, 0.05) is 19.8 Å². The largest absolute Gasteiger partial charge is 0.362 e. The molecule has 0 fully saturated rings. The van der Waals surface area contributed by atoms with Gasteiger partial charge in [-0.15, -0.1) is 0 Å². The van der Waals surface area contributed by atoms with Gasteiger partial charge in [0.2, 0.25) is 0 Å². The molecule has 0 aliphatic carbocycles. The first-order chi connectivity index (χ1) is 5.72. The predicted octanol–water partition coefficient (Wildman–Crippen LogP) is 1.77. The Morgan fingerprint density at radius 2 is 2.42 bits per heavy atom. The number of aromatic nitrogens is 1. The lowest BCUT2D eigenvalue weighted by Crippen LogP contribution is -2.14. The van der Waals surface area contributed by atoms with Gasteiger partial charge in [-0.05, 0) is 11.6 Å². The van der Waals surface area contributed by atoms with Crippen LogP contribution in [-0.4, -0.2) is 23.3 Å². The summed E-state index contributed by atoms with van der Waals surface area (Å²) in [5, 5.41) is 7.45. The minimum absolute atomic E-state index is 0.497. The molecule has 0 saturated carbocycles. The van der Waals surface area contributed by atoms with Gasteiger partial charge in [0.15, 0.2) is 0 Å². The molecule has 1 heterocycles. The van der Waals surface area contributed by atoms with Crippen molar-refractivity contribution in [2.75, 3.05) is 7.05 Å². The fourth-order valence-electron chi connectivity index (χ4n) is 0.834. The van der Waals surface area contributed by atoms with Gasteiger partial charge in [-0.25, -0.2) is 4.98 Å². The van der Waals surface area contributed by atoms with Crippen LogP contribution in [0.2, 0.25) is 5.15 Å². The van der Waals surface area contributed by atoms with Crippen LogP contribution in [0.25, 0.3) is 0 Å². The van der Waals surface area contributed by atoms with Crippen LogP contribution in [-0.2, 0) is 6.54 Å². The van der Waals surface area contributed by atoms with Crippen LogP contribution in [0, 0.1) is 5.41 Å². The molecule has 3 nitrogen and oxygen atoms in total. The molecule has 1 rings (SSSR count). The molecule has 0 atom stereocenters. The highest BCUT2D eigenvalue weighted by Crippen LogP contribution is 2.06. The second-order valence-corrected chi connectivity index (χ2v) is 2.92. The van der Waals surface area contributed by atoms with Crippen LogP contribution < -0.4 is 0 Å². The molecular weight excluding hydrogens is 174 g/mol. The SMILES string of the molecule is CN(C=N)Cc1ccc(Cl)nc1. The minimum atomic E-state index is 0.497. The van der Waals surface area contributed by atoms with Crippen molar-refractivity contribution in [1.82, 2.24) is 9.88 Å². The Balaban J connectivity index is 2.64. The van der Waals surface area contributed by atoms with E-state index in [1.807, 2.05) is 13.1 Å². The maximum atomic E-state index is 6.95. The summed E-state index contributed by atoms with van der Waals surface area (Å²) < 4.78 is 0. The Morgan fingerprint density at radius 3 is 2.92 bits per heavy atom. The molecule has 0 amide bonds. The average Bonchev–Trinajstić information content (AvgIpc) is 2.09. The number of rotatable bonds is 3. The summed E-state index contributed by atoms with van der Waals surface area (Å²) in [6.07, 6.45) is 2.98. The van der Waals surface area contributed by atoms with E-state index in [0.29, 0.717) is 11.7 Å². The fourth-order valence-corrected chi connectivity index (χ4v) is 0.945. The summed E-state index contributed by atoms with van der Waals surface area (Å²) in [6.45, 7) is 0.688. The normalized spacial score (nSPS) is 9.50. The van der Waals surface area contributed by atoms with E-state index in [9.17, 15) is 0 Å². The summed E-state index contributed by atoms with van der Waals surface area (Å²) in [5.41, 5.74) is 1.05. The number of nitrogens with zero attached hydrogens (tertiary/aromatic N) is 2. The average molecular weight is 184 g/mol. The van der Waals surface area contributed by atoms with Gasteiger partial charge in [-0.1, -0.05) is 17.7 Å². The van der Waals surface area contributed by atoms with Crippen molar-refractivity contribution in [3.63, 3.8) is 0 Å². The zero-order valence-corrected chi connectivity index (χ0v) is 7.54. The quantitative estimate of drug-likeness (QED) is 0.441. The Labute approximate surface area is 76.5 Å². The second kappa shape index (κ2) is 4.07. The van der Waals surface area contributed by atoms with Crippen molar-refractivity contribution in [3.05, 3.63) is 29.0 Å². The van der Waals surface area contributed by atoms with Crippen LogP contribution in [0.15, 0.2) is 18.3 Å². The van der Waals surface area contributed by atoms with Gasteiger partial charge in [-0.2, -0.15) is 0 Å². The van der Waals surface area contributed by atoms with E-state index in [4.69, 9.17) is 17.0 Å². The maximum absolute atomic E-state index is 6.95. The molecule has 0 aromatic carbocycles. The summed E-state index contributed by atoms with van der Waals surface area (Å²) in [4.78, 5) is 5.69. The van der Waals surface area contributed by atoms with Crippen molar-refractivity contribution in [2.45, 2.75) is 6.54 Å². The number of halogens is 1. The minimum Gasteiger partial charge on any atom is -0.362 e. The van der Waals surface area contributed by atoms with E-state index in [1.54, 1.807) is 17.2 Å². The van der Waals surface area contributed by atoms with Crippen LogP contribution in [0.4, 0.5) is 0 Å². The fraction of sp³-hybridized carbons (Fsp3) is 0.250. The predicted molar refractivity (Wildman–Crippen MR) is 49.5 cm³/mol. The van der Waals surface area contributed by atoms with E-state index in [-0.39, 0.29) is 0 Å². The van der Waals surface area contributed by atoms with Gasteiger partial charge >= 0.3 is 0 Å². The lowest BCUT2D eigenvalue weighted by Gasteiger charge is -2.10. The Morgan fingerprint density at radius 1 is 1.67 bits per heavy atom. The van der Waals surface area contributed by atoms with Gasteiger partial charge in [0.25, 0.3) is 0 Å². The zero-order chi connectivity index (χ0) is 8.97. The summed E-state index contributed by atoms with van der Waals surface area (Å²) in [5.74, 6) is 0. The third kappa shape index (κ3) is 2.51. The van der Waals surface area contributed by atoms with Crippen molar-refractivity contribution < 1.29 is 0 Å². The Kier molecular flexibility index (Phi) is 3.05. The summed E-state index contributed by atoms with van der Waals surface area (Å²) >= 11 is 5.61. The molecule has 0 aliphatic rings. The first-order valence-electron chi connectivity index (χ1n) is 3.53. The molecule has 1 aromatic heterocycles. The Hall–Kier alpha value is -1.09. The van der Waals surface area contributed by atoms with Crippen LogP contribution in [0.5, 0.6) is 0 Å². The maximum Gasteiger partial charge on any atom is 0.129 e. The standard InChI is InChI=1S/C8H10ClN3/c1-12(6-10)5-7-2-3-8(9)11-4-7/h2-4,6,10H,5H2,1H3. The molecule has 12 heavy (non-hydrogen) atoms. The topological polar surface area (TPSA) is 40.0 Å². The van der Waals surface area contributed by atoms with Crippen LogP contribution >= 0.6 is 11.6 Å². The molecule has 0 spiro atoms. The van der Waals surface area contributed by atoms with Gasteiger partial charge in [0.1, 0.15) is 5.15 Å². The first-order valence-corrected chi connectivity index (χ1v) is 3.91. The van der Waals surface area contributed by atoms with Crippen molar-refractivity contribution in [3.8, 4) is 0 Å². The number of pyridine rings is 1. The lowest BCUT2D eigenvalue weighted by molar-refractivity contribution is 0.512. The zero-order valence-electron chi connectivity index (χ0n) is 6.79. The third-order valence-electron chi connectivity index (χ3n) is 1.44. The van der Waals surface area contributed by atoms with E-state index in [1.165, 1.54) is 6.34 Å². The molecule has 1 N–H and O–H groups in total. The highest BCUT2D eigenvalue weighted by atomic mass is 35.5. The van der Waals surface area contributed by atoms with Crippen molar-refractivity contribution >= 4 is 17.9 Å². The smallest absolute Gasteiger partial charge is 0.129 e. The summed E-state index contributed by atoms with van der Waals surface area (Å²) in [6, 6.07) is 3.64.